The van der Waals surface area contributed by atoms with Crippen LogP contribution in [0, 0.1) is 0 Å². The smallest absolute Gasteiger partial charge is 0.261 e. The van der Waals surface area contributed by atoms with Gasteiger partial charge in [0.1, 0.15) is 5.75 Å². The van der Waals surface area contributed by atoms with Crippen LogP contribution >= 0.6 is 0 Å². The number of amides is 1. The molecule has 3 rings (SSSR count). The van der Waals surface area contributed by atoms with Crippen LogP contribution in [0.15, 0.2) is 47.4 Å². The molecule has 2 aromatic carbocycles. The Hall–Kier alpha value is -2.54. The Morgan fingerprint density at radius 1 is 1.11 bits per heavy atom. The molecule has 6 nitrogen and oxygen atoms in total. The predicted molar refractivity (Wildman–Crippen MR) is 109 cm³/mol. The van der Waals surface area contributed by atoms with Gasteiger partial charge in [-0.25, -0.2) is 8.42 Å². The van der Waals surface area contributed by atoms with Crippen LogP contribution in [0.4, 0.5) is 5.69 Å². The average molecular weight is 403 g/mol. The number of anilines is 1. The van der Waals surface area contributed by atoms with E-state index in [-0.39, 0.29) is 10.8 Å². The number of carbonyl (C=O) groups is 1. The lowest BCUT2D eigenvalue weighted by Gasteiger charge is -2.29. The fourth-order valence-electron chi connectivity index (χ4n) is 3.21. The molecule has 0 fully saturated rings. The summed E-state index contributed by atoms with van der Waals surface area (Å²) in [6.45, 7) is 5.68. The minimum atomic E-state index is -3.70. The van der Waals surface area contributed by atoms with Crippen molar-refractivity contribution in [1.82, 2.24) is 4.90 Å². The molecular weight excluding hydrogens is 376 g/mol. The number of fused-ring (bicyclic) bond motifs is 1. The third-order valence-electron chi connectivity index (χ3n) is 4.73. The van der Waals surface area contributed by atoms with Crippen LogP contribution in [0.1, 0.15) is 37.8 Å². The van der Waals surface area contributed by atoms with Crippen molar-refractivity contribution in [3.8, 4) is 5.75 Å². The number of nitrogens with zero attached hydrogens (tertiary/aromatic N) is 1. The SMILES string of the molecule is CCCOc1ccc(S(=O)(=O)Nc2ccc3c(c2)CN(C(=O)CC)CC3)cc1. The van der Waals surface area contributed by atoms with E-state index in [2.05, 4.69) is 4.72 Å². The zero-order valence-corrected chi connectivity index (χ0v) is 17.1. The van der Waals surface area contributed by atoms with Gasteiger partial charge < -0.3 is 9.64 Å². The highest BCUT2D eigenvalue weighted by Gasteiger charge is 2.21. The molecule has 0 bridgehead atoms. The maximum absolute atomic E-state index is 12.7. The molecule has 0 atom stereocenters. The van der Waals surface area contributed by atoms with Crippen LogP contribution in [0.25, 0.3) is 0 Å². The fourth-order valence-corrected chi connectivity index (χ4v) is 4.26. The minimum Gasteiger partial charge on any atom is -0.494 e. The number of ether oxygens (including phenoxy) is 1. The number of rotatable bonds is 7. The Kier molecular flexibility index (Phi) is 6.24. The molecule has 2 aromatic rings. The lowest BCUT2D eigenvalue weighted by atomic mass is 9.99. The molecule has 28 heavy (non-hydrogen) atoms. The number of benzene rings is 2. The summed E-state index contributed by atoms with van der Waals surface area (Å²) < 4.78 is 33.5. The van der Waals surface area contributed by atoms with E-state index in [1.165, 1.54) is 12.1 Å². The van der Waals surface area contributed by atoms with E-state index >= 15 is 0 Å². The second-order valence-corrected chi connectivity index (χ2v) is 8.51. The van der Waals surface area contributed by atoms with E-state index in [0.717, 1.165) is 24.0 Å². The molecule has 150 valence electrons. The summed E-state index contributed by atoms with van der Waals surface area (Å²) in [5, 5.41) is 0. The Morgan fingerprint density at radius 2 is 1.86 bits per heavy atom. The van der Waals surface area contributed by atoms with Crippen molar-refractivity contribution in [2.45, 2.75) is 44.6 Å². The van der Waals surface area contributed by atoms with Crippen molar-refractivity contribution in [3.63, 3.8) is 0 Å². The fraction of sp³-hybridized carbons (Fsp3) is 0.381. The highest BCUT2D eigenvalue weighted by atomic mass is 32.2. The highest BCUT2D eigenvalue weighted by Crippen LogP contribution is 2.25. The van der Waals surface area contributed by atoms with E-state index < -0.39 is 10.0 Å². The van der Waals surface area contributed by atoms with Crippen molar-refractivity contribution >= 4 is 21.6 Å². The van der Waals surface area contributed by atoms with Crippen LogP contribution in [0.5, 0.6) is 5.75 Å². The molecular formula is C21H26N2O4S. The Labute approximate surface area is 166 Å². The molecule has 1 aliphatic heterocycles. The molecule has 0 radical (unpaired) electrons. The second kappa shape index (κ2) is 8.65. The van der Waals surface area contributed by atoms with Crippen molar-refractivity contribution in [3.05, 3.63) is 53.6 Å². The van der Waals surface area contributed by atoms with E-state index in [4.69, 9.17) is 4.74 Å². The van der Waals surface area contributed by atoms with Crippen LogP contribution in [-0.4, -0.2) is 32.4 Å². The van der Waals surface area contributed by atoms with E-state index in [0.29, 0.717) is 37.6 Å². The molecule has 0 aromatic heterocycles. The number of nitrogens with one attached hydrogen (secondary N) is 1. The first kappa shape index (κ1) is 20.2. The van der Waals surface area contributed by atoms with E-state index in [1.807, 2.05) is 30.9 Å². The van der Waals surface area contributed by atoms with Crippen LogP contribution in [-0.2, 0) is 27.8 Å². The van der Waals surface area contributed by atoms with Gasteiger partial charge in [-0.1, -0.05) is 19.9 Å². The van der Waals surface area contributed by atoms with Gasteiger partial charge in [0.05, 0.1) is 11.5 Å². The number of sulfonamides is 1. The predicted octanol–water partition coefficient (Wildman–Crippen LogP) is 3.57. The van der Waals surface area contributed by atoms with Crippen molar-refractivity contribution in [1.29, 1.82) is 0 Å². The van der Waals surface area contributed by atoms with Crippen LogP contribution < -0.4 is 9.46 Å². The molecule has 1 heterocycles. The van der Waals surface area contributed by atoms with Gasteiger partial charge in [0.15, 0.2) is 0 Å². The van der Waals surface area contributed by atoms with Gasteiger partial charge in [-0.15, -0.1) is 0 Å². The third-order valence-corrected chi connectivity index (χ3v) is 6.13. The summed E-state index contributed by atoms with van der Waals surface area (Å²) in [4.78, 5) is 14.0. The topological polar surface area (TPSA) is 75.7 Å². The van der Waals surface area contributed by atoms with Gasteiger partial charge >= 0.3 is 0 Å². The third kappa shape index (κ3) is 4.65. The maximum atomic E-state index is 12.7. The number of carbonyl (C=O) groups excluding carboxylic acids is 1. The number of hydrogen-bond acceptors (Lipinski definition) is 4. The summed E-state index contributed by atoms with van der Waals surface area (Å²) >= 11 is 0. The molecule has 0 spiro atoms. The second-order valence-electron chi connectivity index (χ2n) is 6.83. The molecule has 0 aliphatic carbocycles. The Balaban J connectivity index is 1.75. The minimum absolute atomic E-state index is 0.113. The lowest BCUT2D eigenvalue weighted by molar-refractivity contribution is -0.131. The van der Waals surface area contributed by atoms with Crippen molar-refractivity contribution < 1.29 is 17.9 Å². The first-order valence-corrected chi connectivity index (χ1v) is 11.1. The molecule has 1 aliphatic rings. The van der Waals surface area contributed by atoms with Gasteiger partial charge in [-0.3, -0.25) is 9.52 Å². The highest BCUT2D eigenvalue weighted by molar-refractivity contribution is 7.92. The number of hydrogen-bond donors (Lipinski definition) is 1. The van der Waals surface area contributed by atoms with E-state index in [9.17, 15) is 13.2 Å². The van der Waals surface area contributed by atoms with Gasteiger partial charge in [-0.2, -0.15) is 0 Å². The standard InChI is InChI=1S/C21H26N2O4S/c1-3-13-27-19-7-9-20(10-8-19)28(25,26)22-18-6-5-16-11-12-23(21(24)4-2)15-17(16)14-18/h5-10,14,22H,3-4,11-13,15H2,1-2H3. The monoisotopic (exact) mass is 402 g/mol. The summed E-state index contributed by atoms with van der Waals surface area (Å²) in [6.07, 6.45) is 2.15. The van der Waals surface area contributed by atoms with Crippen molar-refractivity contribution in [2.75, 3.05) is 17.9 Å². The largest absolute Gasteiger partial charge is 0.494 e. The zero-order valence-electron chi connectivity index (χ0n) is 16.3. The normalized spacial score (nSPS) is 13.7. The summed E-state index contributed by atoms with van der Waals surface area (Å²) in [7, 11) is -3.70. The zero-order chi connectivity index (χ0) is 20.1. The van der Waals surface area contributed by atoms with Gasteiger partial charge in [0.2, 0.25) is 5.91 Å². The lowest BCUT2D eigenvalue weighted by Crippen LogP contribution is -2.35. The van der Waals surface area contributed by atoms with Crippen LogP contribution in [0.2, 0.25) is 0 Å². The molecule has 0 unspecified atom stereocenters. The quantitative estimate of drug-likeness (QED) is 0.768. The average Bonchev–Trinajstić information content (AvgIpc) is 2.71. The maximum Gasteiger partial charge on any atom is 0.261 e. The first-order valence-electron chi connectivity index (χ1n) is 9.58. The molecule has 7 heteroatoms. The molecule has 1 N–H and O–H groups in total. The summed E-state index contributed by atoms with van der Waals surface area (Å²) in [5.41, 5.74) is 2.63. The van der Waals surface area contributed by atoms with Gasteiger partial charge in [0.25, 0.3) is 10.0 Å². The summed E-state index contributed by atoms with van der Waals surface area (Å²) in [5.74, 6) is 0.761. The molecule has 0 saturated carbocycles. The van der Waals surface area contributed by atoms with Crippen molar-refractivity contribution in [2.24, 2.45) is 0 Å². The Morgan fingerprint density at radius 3 is 2.54 bits per heavy atom. The van der Waals surface area contributed by atoms with Crippen LogP contribution in [0.3, 0.4) is 0 Å². The first-order chi connectivity index (χ1) is 13.4. The van der Waals surface area contributed by atoms with Gasteiger partial charge in [-0.05, 0) is 60.4 Å². The van der Waals surface area contributed by atoms with E-state index in [1.54, 1.807) is 18.2 Å². The molecule has 0 saturated heterocycles. The Bertz CT molecular complexity index is 939. The molecule has 1 amide bonds. The van der Waals surface area contributed by atoms with Gasteiger partial charge in [0, 0.05) is 25.2 Å². The summed E-state index contributed by atoms with van der Waals surface area (Å²) in [6, 6.07) is 11.9.